The zero-order valence-corrected chi connectivity index (χ0v) is 18.1. The Bertz CT molecular complexity index is 620. The van der Waals surface area contributed by atoms with Crippen LogP contribution in [-0.2, 0) is 16.6 Å². The molecule has 0 radical (unpaired) electrons. The Labute approximate surface area is 167 Å². The molecule has 6 nitrogen and oxygen atoms in total. The SMILES string of the molecule is CCNC(=NCc1ccc(F)cc1)NCCS(=O)(=O)N(CC)CC.I. The highest BCUT2D eigenvalue weighted by Gasteiger charge is 2.18. The van der Waals surface area contributed by atoms with Crippen LogP contribution in [0, 0.1) is 5.82 Å². The van der Waals surface area contributed by atoms with E-state index in [4.69, 9.17) is 0 Å². The Morgan fingerprint density at radius 1 is 1.12 bits per heavy atom. The van der Waals surface area contributed by atoms with Gasteiger partial charge in [0.2, 0.25) is 10.0 Å². The molecule has 0 unspecified atom stereocenters. The van der Waals surface area contributed by atoms with Crippen molar-refractivity contribution in [1.82, 2.24) is 14.9 Å². The molecular formula is C16H28FIN4O2S. The van der Waals surface area contributed by atoms with Crippen LogP contribution in [-0.4, -0.2) is 50.6 Å². The summed E-state index contributed by atoms with van der Waals surface area (Å²) >= 11 is 0. The molecule has 2 N–H and O–H groups in total. The van der Waals surface area contributed by atoms with Gasteiger partial charge in [-0.25, -0.2) is 22.1 Å². The van der Waals surface area contributed by atoms with Crippen molar-refractivity contribution in [3.8, 4) is 0 Å². The summed E-state index contributed by atoms with van der Waals surface area (Å²) in [6.07, 6.45) is 0. The Morgan fingerprint density at radius 2 is 1.72 bits per heavy atom. The van der Waals surface area contributed by atoms with Crippen LogP contribution in [0.5, 0.6) is 0 Å². The van der Waals surface area contributed by atoms with Crippen LogP contribution in [0.1, 0.15) is 26.3 Å². The lowest BCUT2D eigenvalue weighted by Crippen LogP contribution is -2.42. The van der Waals surface area contributed by atoms with Gasteiger partial charge in [-0.3, -0.25) is 0 Å². The second kappa shape index (κ2) is 12.4. The molecule has 0 spiro atoms. The van der Waals surface area contributed by atoms with Gasteiger partial charge in [0.1, 0.15) is 5.82 Å². The molecule has 144 valence electrons. The van der Waals surface area contributed by atoms with E-state index in [0.29, 0.717) is 32.1 Å². The number of guanidine groups is 1. The third kappa shape index (κ3) is 8.82. The van der Waals surface area contributed by atoms with Gasteiger partial charge in [0, 0.05) is 26.2 Å². The fourth-order valence-corrected chi connectivity index (χ4v) is 3.55. The normalized spacial score (nSPS) is 12.0. The summed E-state index contributed by atoms with van der Waals surface area (Å²) in [4.78, 5) is 4.38. The number of rotatable bonds is 9. The quantitative estimate of drug-likeness (QED) is 0.319. The van der Waals surface area contributed by atoms with Crippen molar-refractivity contribution in [2.24, 2.45) is 4.99 Å². The topological polar surface area (TPSA) is 73.8 Å². The Morgan fingerprint density at radius 3 is 2.24 bits per heavy atom. The highest BCUT2D eigenvalue weighted by Crippen LogP contribution is 2.04. The fraction of sp³-hybridized carbons (Fsp3) is 0.562. The second-order valence-electron chi connectivity index (χ2n) is 5.15. The molecule has 0 bridgehead atoms. The van der Waals surface area contributed by atoms with Gasteiger partial charge in [-0.15, -0.1) is 24.0 Å². The molecule has 0 saturated carbocycles. The lowest BCUT2D eigenvalue weighted by molar-refractivity contribution is 0.445. The molecule has 0 fully saturated rings. The molecule has 0 atom stereocenters. The molecule has 0 aliphatic rings. The van der Waals surface area contributed by atoms with E-state index >= 15 is 0 Å². The first-order chi connectivity index (χ1) is 11.4. The van der Waals surface area contributed by atoms with Gasteiger partial charge < -0.3 is 10.6 Å². The molecule has 1 aromatic carbocycles. The predicted molar refractivity (Wildman–Crippen MR) is 111 cm³/mol. The summed E-state index contributed by atoms with van der Waals surface area (Å²) in [5.74, 6) is 0.265. The summed E-state index contributed by atoms with van der Waals surface area (Å²) in [6.45, 7) is 7.84. The lowest BCUT2D eigenvalue weighted by atomic mass is 10.2. The van der Waals surface area contributed by atoms with Crippen molar-refractivity contribution in [3.05, 3.63) is 35.6 Å². The van der Waals surface area contributed by atoms with E-state index in [1.54, 1.807) is 12.1 Å². The molecule has 0 heterocycles. The summed E-state index contributed by atoms with van der Waals surface area (Å²) in [5, 5.41) is 6.08. The summed E-state index contributed by atoms with van der Waals surface area (Å²) in [6, 6.07) is 6.13. The molecule has 1 aromatic rings. The van der Waals surface area contributed by atoms with Gasteiger partial charge >= 0.3 is 0 Å². The molecule has 0 aliphatic carbocycles. The van der Waals surface area contributed by atoms with Crippen molar-refractivity contribution in [2.75, 3.05) is 31.9 Å². The van der Waals surface area contributed by atoms with Gasteiger partial charge in [0.15, 0.2) is 5.96 Å². The fourth-order valence-electron chi connectivity index (χ4n) is 2.15. The number of nitrogens with one attached hydrogen (secondary N) is 2. The number of benzene rings is 1. The van der Waals surface area contributed by atoms with E-state index in [-0.39, 0.29) is 42.1 Å². The minimum atomic E-state index is -3.26. The van der Waals surface area contributed by atoms with Crippen LogP contribution >= 0.6 is 24.0 Å². The molecule has 0 saturated heterocycles. The third-order valence-electron chi connectivity index (χ3n) is 3.43. The summed E-state index contributed by atoms with van der Waals surface area (Å²) in [5.41, 5.74) is 0.879. The number of sulfonamides is 1. The highest BCUT2D eigenvalue weighted by molar-refractivity contribution is 14.0. The van der Waals surface area contributed by atoms with Gasteiger partial charge in [0.25, 0.3) is 0 Å². The average Bonchev–Trinajstić information content (AvgIpc) is 2.54. The predicted octanol–water partition coefficient (Wildman–Crippen LogP) is 2.17. The zero-order valence-electron chi connectivity index (χ0n) is 15.0. The van der Waals surface area contributed by atoms with E-state index in [2.05, 4.69) is 15.6 Å². The Balaban J connectivity index is 0.00000576. The van der Waals surface area contributed by atoms with E-state index < -0.39 is 10.0 Å². The van der Waals surface area contributed by atoms with Crippen LogP contribution < -0.4 is 10.6 Å². The standard InChI is InChI=1S/C16H27FN4O2S.HI/c1-4-18-16(20-13-14-7-9-15(17)10-8-14)19-11-12-24(22,23)21(5-2)6-3;/h7-10H,4-6,11-13H2,1-3H3,(H2,18,19,20);1H. The minimum Gasteiger partial charge on any atom is -0.357 e. The molecule has 25 heavy (non-hydrogen) atoms. The van der Waals surface area contributed by atoms with Crippen molar-refractivity contribution in [3.63, 3.8) is 0 Å². The minimum absolute atomic E-state index is 0. The molecule has 0 amide bonds. The van der Waals surface area contributed by atoms with E-state index in [0.717, 1.165) is 5.56 Å². The first kappa shape index (κ1) is 24.1. The molecule has 1 rings (SSSR count). The van der Waals surface area contributed by atoms with Gasteiger partial charge in [-0.2, -0.15) is 0 Å². The van der Waals surface area contributed by atoms with Crippen LogP contribution in [0.4, 0.5) is 4.39 Å². The van der Waals surface area contributed by atoms with Crippen LogP contribution in [0.25, 0.3) is 0 Å². The molecule has 0 aromatic heterocycles. The number of hydrogen-bond acceptors (Lipinski definition) is 3. The van der Waals surface area contributed by atoms with Crippen molar-refractivity contribution >= 4 is 40.0 Å². The number of aliphatic imine (C=N–C) groups is 1. The van der Waals surface area contributed by atoms with E-state index in [1.807, 2.05) is 20.8 Å². The van der Waals surface area contributed by atoms with E-state index in [9.17, 15) is 12.8 Å². The number of halogens is 2. The largest absolute Gasteiger partial charge is 0.357 e. The van der Waals surface area contributed by atoms with Crippen molar-refractivity contribution < 1.29 is 12.8 Å². The summed E-state index contributed by atoms with van der Waals surface area (Å²) < 4.78 is 38.6. The maximum absolute atomic E-state index is 12.9. The van der Waals surface area contributed by atoms with Gasteiger partial charge in [-0.1, -0.05) is 26.0 Å². The van der Waals surface area contributed by atoms with Crippen molar-refractivity contribution in [1.29, 1.82) is 0 Å². The smallest absolute Gasteiger partial charge is 0.215 e. The molecule has 9 heteroatoms. The van der Waals surface area contributed by atoms with Gasteiger partial charge in [0.05, 0.1) is 12.3 Å². The first-order valence-corrected chi connectivity index (χ1v) is 9.78. The lowest BCUT2D eigenvalue weighted by Gasteiger charge is -2.19. The number of hydrogen-bond donors (Lipinski definition) is 2. The highest BCUT2D eigenvalue weighted by atomic mass is 127. The van der Waals surface area contributed by atoms with Crippen LogP contribution in [0.2, 0.25) is 0 Å². The van der Waals surface area contributed by atoms with Crippen molar-refractivity contribution in [2.45, 2.75) is 27.3 Å². The molecule has 0 aliphatic heterocycles. The maximum atomic E-state index is 12.9. The Hall–Kier alpha value is -0.940. The third-order valence-corrected chi connectivity index (χ3v) is 5.45. The monoisotopic (exact) mass is 486 g/mol. The molecular weight excluding hydrogens is 458 g/mol. The van der Waals surface area contributed by atoms with Gasteiger partial charge in [-0.05, 0) is 24.6 Å². The summed E-state index contributed by atoms with van der Waals surface area (Å²) in [7, 11) is -3.26. The van der Waals surface area contributed by atoms with Crippen LogP contribution in [0.3, 0.4) is 0 Å². The average molecular weight is 486 g/mol. The Kier molecular flexibility index (Phi) is 12.0. The van der Waals surface area contributed by atoms with E-state index in [1.165, 1.54) is 16.4 Å². The number of nitrogens with zero attached hydrogens (tertiary/aromatic N) is 2. The van der Waals surface area contributed by atoms with Crippen LogP contribution in [0.15, 0.2) is 29.3 Å². The zero-order chi connectivity index (χ0) is 18.0. The second-order valence-corrected chi connectivity index (χ2v) is 7.24. The maximum Gasteiger partial charge on any atom is 0.215 e. The first-order valence-electron chi connectivity index (χ1n) is 8.17.